The van der Waals surface area contributed by atoms with Crippen molar-refractivity contribution in [2.45, 2.75) is 98.2 Å². The number of rotatable bonds is 14. The summed E-state index contributed by atoms with van der Waals surface area (Å²) >= 11 is 0. The van der Waals surface area contributed by atoms with E-state index in [0.717, 1.165) is 50.7 Å². The van der Waals surface area contributed by atoms with E-state index in [1.165, 1.54) is 5.57 Å². The number of unbranched alkanes of at least 4 members (excludes halogenated alkanes) is 1. The maximum atomic E-state index is 12.3. The number of ether oxygens (including phenoxy) is 1. The topological polar surface area (TPSA) is 79.2 Å². The first kappa shape index (κ1) is 30.4. The van der Waals surface area contributed by atoms with Gasteiger partial charge in [0.25, 0.3) is 0 Å². The van der Waals surface area contributed by atoms with Crippen molar-refractivity contribution in [3.63, 3.8) is 0 Å². The SMILES string of the molecule is CCCC[C@@H](C(=O)O)[C@@H]1CC[C@@H](C)[C@H](CC/C(CCC(=O)OCC)=N/N(C)C)/C1=C\[Si](C)(C)C. The Hall–Kier alpha value is -1.63. The molecule has 1 N–H and O–H groups in total. The number of hydrogen-bond acceptors (Lipinski definition) is 5. The molecular formula is C27H50N2O4Si. The molecule has 0 radical (unpaired) electrons. The lowest BCUT2D eigenvalue weighted by Gasteiger charge is -2.41. The van der Waals surface area contributed by atoms with Crippen LogP contribution in [-0.4, -0.2) is 56.5 Å². The predicted molar refractivity (Wildman–Crippen MR) is 144 cm³/mol. The molecule has 0 aromatic heterocycles. The van der Waals surface area contributed by atoms with Crippen molar-refractivity contribution >= 4 is 25.7 Å². The molecule has 0 saturated heterocycles. The van der Waals surface area contributed by atoms with Gasteiger partial charge in [0.1, 0.15) is 0 Å². The molecule has 0 aromatic carbocycles. The number of carboxylic acid groups (broad SMARTS) is 1. The van der Waals surface area contributed by atoms with Crippen LogP contribution in [0, 0.1) is 23.7 Å². The zero-order valence-electron chi connectivity index (χ0n) is 23.0. The first-order valence-electron chi connectivity index (χ1n) is 13.2. The molecule has 1 aliphatic carbocycles. The number of allylic oxidation sites excluding steroid dienone is 1. The van der Waals surface area contributed by atoms with E-state index in [-0.39, 0.29) is 17.8 Å². The molecule has 6 nitrogen and oxygen atoms in total. The molecule has 4 atom stereocenters. The summed E-state index contributed by atoms with van der Waals surface area (Å²) in [5.74, 6) is -0.104. The standard InChI is InChI=1S/C27H50N2O4Si/c1-9-11-12-24(27(31)32)23-16-13-20(3)22(25(23)19-34(6,7)8)17-14-21(28-29(4)5)15-18-26(30)33-10-2/h19-20,22-24H,9-18H2,1-8H3,(H,31,32)/b25-19+,28-21-/t20-,22+,23+,24-/m1/s1. The summed E-state index contributed by atoms with van der Waals surface area (Å²) in [6, 6.07) is 0. The lowest BCUT2D eigenvalue weighted by molar-refractivity contribution is -0.144. The van der Waals surface area contributed by atoms with Crippen molar-refractivity contribution in [2.24, 2.45) is 28.8 Å². The number of hydrogen-bond donors (Lipinski definition) is 1. The molecule has 0 bridgehead atoms. The van der Waals surface area contributed by atoms with Crippen LogP contribution < -0.4 is 0 Å². The van der Waals surface area contributed by atoms with Gasteiger partial charge < -0.3 is 14.9 Å². The number of aliphatic carboxylic acids is 1. The van der Waals surface area contributed by atoms with E-state index in [9.17, 15) is 14.7 Å². The highest BCUT2D eigenvalue weighted by Crippen LogP contribution is 2.46. The van der Waals surface area contributed by atoms with Crippen LogP contribution in [0.1, 0.15) is 78.6 Å². The average Bonchev–Trinajstić information content (AvgIpc) is 2.71. The molecule has 7 heteroatoms. The Morgan fingerprint density at radius 3 is 2.38 bits per heavy atom. The number of carbonyl (C=O) groups is 2. The molecule has 1 fully saturated rings. The average molecular weight is 495 g/mol. The highest BCUT2D eigenvalue weighted by atomic mass is 28.3. The first-order valence-corrected chi connectivity index (χ1v) is 16.8. The van der Waals surface area contributed by atoms with Crippen LogP contribution in [0.15, 0.2) is 16.4 Å². The van der Waals surface area contributed by atoms with E-state index >= 15 is 0 Å². The van der Waals surface area contributed by atoms with Crippen molar-refractivity contribution < 1.29 is 19.4 Å². The van der Waals surface area contributed by atoms with Gasteiger partial charge in [-0.05, 0) is 63.2 Å². The van der Waals surface area contributed by atoms with E-state index in [2.05, 4.69) is 44.3 Å². The number of nitrogens with zero attached hydrogens (tertiary/aromatic N) is 2. The van der Waals surface area contributed by atoms with E-state index in [1.807, 2.05) is 21.0 Å². The molecule has 1 rings (SSSR count). The fourth-order valence-electron chi connectivity index (χ4n) is 5.24. The van der Waals surface area contributed by atoms with Gasteiger partial charge in [0.05, 0.1) is 27.0 Å². The van der Waals surface area contributed by atoms with Crippen LogP contribution in [0.5, 0.6) is 0 Å². The molecule has 0 aliphatic heterocycles. The fraction of sp³-hybridized carbons (Fsp3) is 0.815. The monoisotopic (exact) mass is 494 g/mol. The third-order valence-electron chi connectivity index (χ3n) is 6.76. The van der Waals surface area contributed by atoms with Crippen LogP contribution in [0.4, 0.5) is 0 Å². The van der Waals surface area contributed by atoms with Crippen molar-refractivity contribution in [3.05, 3.63) is 11.3 Å². The van der Waals surface area contributed by atoms with Crippen LogP contribution in [0.3, 0.4) is 0 Å². The summed E-state index contributed by atoms with van der Waals surface area (Å²) < 4.78 is 5.11. The number of esters is 1. The van der Waals surface area contributed by atoms with E-state index < -0.39 is 14.0 Å². The van der Waals surface area contributed by atoms with Gasteiger partial charge in [0.15, 0.2) is 0 Å². The molecule has 0 unspecified atom stereocenters. The summed E-state index contributed by atoms with van der Waals surface area (Å²) in [4.78, 5) is 24.2. The minimum atomic E-state index is -1.55. The Morgan fingerprint density at radius 2 is 1.85 bits per heavy atom. The van der Waals surface area contributed by atoms with Crippen molar-refractivity contribution in [3.8, 4) is 0 Å². The highest BCUT2D eigenvalue weighted by Gasteiger charge is 2.39. The second kappa shape index (κ2) is 14.7. The van der Waals surface area contributed by atoms with E-state index in [4.69, 9.17) is 4.74 Å². The maximum Gasteiger partial charge on any atom is 0.307 e. The Bertz CT molecular complexity index is 712. The second-order valence-electron chi connectivity index (χ2n) is 11.2. The molecule has 0 amide bonds. The number of carbonyl (C=O) groups excluding carboxylic acids is 1. The Morgan fingerprint density at radius 1 is 1.18 bits per heavy atom. The van der Waals surface area contributed by atoms with Crippen LogP contribution in [0.2, 0.25) is 19.6 Å². The summed E-state index contributed by atoms with van der Waals surface area (Å²) in [6.45, 7) is 13.7. The third-order valence-corrected chi connectivity index (χ3v) is 7.96. The number of carboxylic acids is 1. The lowest BCUT2D eigenvalue weighted by Crippen LogP contribution is -2.36. The summed E-state index contributed by atoms with van der Waals surface area (Å²) in [6.07, 6.45) is 7.48. The fourth-order valence-corrected chi connectivity index (χ4v) is 6.67. The molecule has 0 spiro atoms. The highest BCUT2D eigenvalue weighted by molar-refractivity contribution is 6.81. The van der Waals surface area contributed by atoms with Gasteiger partial charge in [0.2, 0.25) is 0 Å². The molecule has 34 heavy (non-hydrogen) atoms. The van der Waals surface area contributed by atoms with Crippen LogP contribution >= 0.6 is 0 Å². The van der Waals surface area contributed by atoms with E-state index in [1.54, 1.807) is 5.01 Å². The van der Waals surface area contributed by atoms with Gasteiger partial charge in [-0.3, -0.25) is 9.59 Å². The van der Waals surface area contributed by atoms with Gasteiger partial charge in [0, 0.05) is 19.8 Å². The van der Waals surface area contributed by atoms with Crippen LogP contribution in [0.25, 0.3) is 0 Å². The quantitative estimate of drug-likeness (QED) is 0.131. The summed E-state index contributed by atoms with van der Waals surface area (Å²) in [7, 11) is 2.27. The smallest absolute Gasteiger partial charge is 0.307 e. The van der Waals surface area contributed by atoms with Crippen molar-refractivity contribution in [2.75, 3.05) is 20.7 Å². The minimum absolute atomic E-state index is 0.130. The molecule has 1 saturated carbocycles. The Kier molecular flexibility index (Phi) is 13.1. The Balaban J connectivity index is 3.18. The molecule has 0 heterocycles. The normalized spacial score (nSPS) is 23.6. The third kappa shape index (κ3) is 10.7. The van der Waals surface area contributed by atoms with Crippen LogP contribution in [-0.2, 0) is 14.3 Å². The van der Waals surface area contributed by atoms with Crippen molar-refractivity contribution in [1.29, 1.82) is 0 Å². The van der Waals surface area contributed by atoms with Gasteiger partial charge in [-0.15, -0.1) is 0 Å². The van der Waals surface area contributed by atoms with Crippen molar-refractivity contribution in [1.82, 2.24) is 5.01 Å². The van der Waals surface area contributed by atoms with Gasteiger partial charge in [-0.2, -0.15) is 5.10 Å². The predicted octanol–water partition coefficient (Wildman–Crippen LogP) is 6.38. The largest absolute Gasteiger partial charge is 0.481 e. The molecular weight excluding hydrogens is 444 g/mol. The molecule has 1 aliphatic rings. The zero-order valence-corrected chi connectivity index (χ0v) is 24.0. The van der Waals surface area contributed by atoms with Gasteiger partial charge >= 0.3 is 11.9 Å². The van der Waals surface area contributed by atoms with Gasteiger partial charge in [-0.25, -0.2) is 0 Å². The zero-order chi connectivity index (χ0) is 25.9. The van der Waals surface area contributed by atoms with E-state index in [0.29, 0.717) is 31.3 Å². The van der Waals surface area contributed by atoms with Gasteiger partial charge in [-0.1, -0.05) is 57.6 Å². The molecule has 196 valence electrons. The Labute approximate surface area is 209 Å². The number of hydrazone groups is 1. The molecule has 0 aromatic rings. The first-order chi connectivity index (χ1) is 15.9. The summed E-state index contributed by atoms with van der Waals surface area (Å²) in [5, 5.41) is 16.6. The minimum Gasteiger partial charge on any atom is -0.481 e. The summed E-state index contributed by atoms with van der Waals surface area (Å²) in [5.41, 5.74) is 4.91. The maximum absolute atomic E-state index is 12.3. The second-order valence-corrected chi connectivity index (χ2v) is 16.2. The lowest BCUT2D eigenvalue weighted by atomic mass is 9.65.